The van der Waals surface area contributed by atoms with Crippen molar-refractivity contribution in [1.29, 1.82) is 0 Å². The van der Waals surface area contributed by atoms with Crippen molar-refractivity contribution in [2.45, 2.75) is 26.4 Å². The molecular formula is C20H19FO4. The van der Waals surface area contributed by atoms with E-state index in [2.05, 4.69) is 0 Å². The monoisotopic (exact) mass is 342 g/mol. The van der Waals surface area contributed by atoms with E-state index in [0.717, 1.165) is 5.56 Å². The highest BCUT2D eigenvalue weighted by molar-refractivity contribution is 6.06. The van der Waals surface area contributed by atoms with Crippen molar-refractivity contribution in [1.82, 2.24) is 0 Å². The van der Waals surface area contributed by atoms with E-state index in [1.54, 1.807) is 18.2 Å². The van der Waals surface area contributed by atoms with E-state index in [4.69, 9.17) is 9.84 Å². The summed E-state index contributed by atoms with van der Waals surface area (Å²) in [5.74, 6) is -2.24. The summed E-state index contributed by atoms with van der Waals surface area (Å²) < 4.78 is 19.3. The standard InChI is InChI=1S/C20H19FO4/c1-13-4-8-15(9-5-13)17(22)10-6-14-7-11-18(16(21)12-14)25-20(2,3)19(23)24/h4-12H,1-3H3,(H,23,24)/b10-6+. The largest absolute Gasteiger partial charge is 0.478 e. The van der Waals surface area contributed by atoms with E-state index in [1.807, 2.05) is 19.1 Å². The Bertz CT molecular complexity index is 820. The molecule has 25 heavy (non-hydrogen) atoms. The van der Waals surface area contributed by atoms with Crippen molar-refractivity contribution >= 4 is 17.8 Å². The summed E-state index contributed by atoms with van der Waals surface area (Å²) in [5.41, 5.74) is 0.533. The molecule has 0 amide bonds. The van der Waals surface area contributed by atoms with Crippen LogP contribution >= 0.6 is 0 Å². The van der Waals surface area contributed by atoms with Gasteiger partial charge in [0.05, 0.1) is 0 Å². The third kappa shape index (κ3) is 4.76. The average molecular weight is 342 g/mol. The van der Waals surface area contributed by atoms with Gasteiger partial charge in [-0.2, -0.15) is 0 Å². The minimum Gasteiger partial charge on any atom is -0.478 e. The molecule has 2 aromatic rings. The van der Waals surface area contributed by atoms with Gasteiger partial charge in [-0.1, -0.05) is 42.0 Å². The fraction of sp³-hybridized carbons (Fsp3) is 0.200. The molecule has 2 rings (SSSR count). The zero-order valence-electron chi connectivity index (χ0n) is 14.2. The molecule has 0 atom stereocenters. The normalized spacial score (nSPS) is 11.5. The summed E-state index contributed by atoms with van der Waals surface area (Å²) in [6, 6.07) is 11.2. The molecule has 0 saturated carbocycles. The number of rotatable bonds is 6. The highest BCUT2D eigenvalue weighted by Gasteiger charge is 2.30. The maximum atomic E-state index is 14.1. The van der Waals surface area contributed by atoms with Crippen molar-refractivity contribution in [2.75, 3.05) is 0 Å². The first-order valence-corrected chi connectivity index (χ1v) is 7.70. The van der Waals surface area contributed by atoms with Crippen LogP contribution in [0.4, 0.5) is 4.39 Å². The second kappa shape index (κ2) is 7.30. The smallest absolute Gasteiger partial charge is 0.347 e. The number of hydrogen-bond donors (Lipinski definition) is 1. The fourth-order valence-electron chi connectivity index (χ4n) is 2.01. The van der Waals surface area contributed by atoms with Crippen molar-refractivity contribution in [2.24, 2.45) is 0 Å². The van der Waals surface area contributed by atoms with Gasteiger partial charge in [0.2, 0.25) is 0 Å². The van der Waals surface area contributed by atoms with E-state index in [1.165, 1.54) is 38.1 Å². The molecule has 0 heterocycles. The highest BCUT2D eigenvalue weighted by Crippen LogP contribution is 2.24. The third-order valence-corrected chi connectivity index (χ3v) is 3.60. The van der Waals surface area contributed by atoms with E-state index in [-0.39, 0.29) is 11.5 Å². The van der Waals surface area contributed by atoms with Crippen LogP contribution in [-0.2, 0) is 4.79 Å². The molecule has 0 fully saturated rings. The van der Waals surface area contributed by atoms with Gasteiger partial charge >= 0.3 is 5.97 Å². The summed E-state index contributed by atoms with van der Waals surface area (Å²) in [6.45, 7) is 4.60. The predicted octanol–water partition coefficient (Wildman–Crippen LogP) is 4.27. The summed E-state index contributed by atoms with van der Waals surface area (Å²) in [4.78, 5) is 23.1. The number of carbonyl (C=O) groups is 2. The first kappa shape index (κ1) is 18.4. The molecule has 0 spiro atoms. The van der Waals surface area contributed by atoms with Gasteiger partial charge in [-0.3, -0.25) is 4.79 Å². The lowest BCUT2D eigenvalue weighted by atomic mass is 10.1. The van der Waals surface area contributed by atoms with Gasteiger partial charge in [-0.25, -0.2) is 9.18 Å². The molecule has 1 N–H and O–H groups in total. The molecule has 0 aliphatic heterocycles. The molecule has 0 aliphatic carbocycles. The number of aliphatic carboxylic acids is 1. The van der Waals surface area contributed by atoms with Crippen molar-refractivity contribution in [3.63, 3.8) is 0 Å². The van der Waals surface area contributed by atoms with Crippen molar-refractivity contribution < 1.29 is 23.8 Å². The Balaban J connectivity index is 2.13. The first-order chi connectivity index (χ1) is 11.7. The Hall–Kier alpha value is -2.95. The van der Waals surface area contributed by atoms with Crippen molar-refractivity contribution in [3.8, 4) is 5.75 Å². The lowest BCUT2D eigenvalue weighted by Crippen LogP contribution is -2.38. The quantitative estimate of drug-likeness (QED) is 0.629. The number of halogens is 1. The fourth-order valence-corrected chi connectivity index (χ4v) is 2.01. The molecule has 0 radical (unpaired) electrons. The summed E-state index contributed by atoms with van der Waals surface area (Å²) >= 11 is 0. The van der Waals surface area contributed by atoms with E-state index >= 15 is 0 Å². The molecular weight excluding hydrogens is 323 g/mol. The van der Waals surface area contributed by atoms with Gasteiger partial charge in [0, 0.05) is 5.56 Å². The van der Waals surface area contributed by atoms with Crippen LogP contribution in [-0.4, -0.2) is 22.5 Å². The van der Waals surface area contributed by atoms with Crippen LogP contribution in [0.25, 0.3) is 6.08 Å². The molecule has 0 unspecified atom stereocenters. The minimum absolute atomic E-state index is 0.158. The van der Waals surface area contributed by atoms with Gasteiger partial charge in [0.25, 0.3) is 0 Å². The molecule has 130 valence electrons. The van der Waals surface area contributed by atoms with Crippen LogP contribution in [0, 0.1) is 12.7 Å². The zero-order chi connectivity index (χ0) is 18.6. The molecule has 0 bridgehead atoms. The summed E-state index contributed by atoms with van der Waals surface area (Å²) in [5, 5.41) is 9.02. The van der Waals surface area contributed by atoms with Gasteiger partial charge in [-0.05, 0) is 44.5 Å². The zero-order valence-corrected chi connectivity index (χ0v) is 14.2. The highest BCUT2D eigenvalue weighted by atomic mass is 19.1. The topological polar surface area (TPSA) is 63.6 Å². The minimum atomic E-state index is -1.54. The number of allylic oxidation sites excluding steroid dienone is 1. The average Bonchev–Trinajstić information content (AvgIpc) is 2.55. The molecule has 0 aliphatic rings. The number of benzene rings is 2. The Morgan fingerprint density at radius 1 is 1.12 bits per heavy atom. The first-order valence-electron chi connectivity index (χ1n) is 7.70. The Labute approximate surface area is 145 Å². The summed E-state index contributed by atoms with van der Waals surface area (Å²) in [6.07, 6.45) is 2.86. The molecule has 0 aromatic heterocycles. The second-order valence-corrected chi connectivity index (χ2v) is 6.17. The number of carboxylic acid groups (broad SMARTS) is 1. The van der Waals surface area contributed by atoms with Crippen LogP contribution in [0.2, 0.25) is 0 Å². The number of hydrogen-bond acceptors (Lipinski definition) is 3. The van der Waals surface area contributed by atoms with Gasteiger partial charge < -0.3 is 9.84 Å². The molecule has 0 saturated heterocycles. The SMILES string of the molecule is Cc1ccc(C(=O)/C=C/c2ccc(OC(C)(C)C(=O)O)c(F)c2)cc1. The van der Waals surface area contributed by atoms with E-state index in [0.29, 0.717) is 11.1 Å². The van der Waals surface area contributed by atoms with E-state index < -0.39 is 17.4 Å². The Kier molecular flexibility index (Phi) is 5.37. The predicted molar refractivity (Wildman–Crippen MR) is 93.3 cm³/mol. The number of aryl methyl sites for hydroxylation is 1. The van der Waals surface area contributed by atoms with Crippen LogP contribution < -0.4 is 4.74 Å². The van der Waals surface area contributed by atoms with Crippen LogP contribution in [0.15, 0.2) is 48.5 Å². The second-order valence-electron chi connectivity index (χ2n) is 6.17. The number of carboxylic acids is 1. The Morgan fingerprint density at radius 2 is 1.76 bits per heavy atom. The van der Waals surface area contributed by atoms with Crippen molar-refractivity contribution in [3.05, 3.63) is 71.0 Å². The van der Waals surface area contributed by atoms with Gasteiger partial charge in [0.1, 0.15) is 0 Å². The van der Waals surface area contributed by atoms with Crippen LogP contribution in [0.5, 0.6) is 5.75 Å². The van der Waals surface area contributed by atoms with Crippen LogP contribution in [0.1, 0.15) is 35.3 Å². The summed E-state index contributed by atoms with van der Waals surface area (Å²) in [7, 11) is 0. The van der Waals surface area contributed by atoms with E-state index in [9.17, 15) is 14.0 Å². The molecule has 5 heteroatoms. The molecule has 4 nitrogen and oxygen atoms in total. The number of ether oxygens (including phenoxy) is 1. The van der Waals surface area contributed by atoms with Gasteiger partial charge in [-0.15, -0.1) is 0 Å². The molecule has 2 aromatic carbocycles. The lowest BCUT2D eigenvalue weighted by Gasteiger charge is -2.21. The maximum absolute atomic E-state index is 14.1. The third-order valence-electron chi connectivity index (χ3n) is 3.60. The number of ketones is 1. The number of carbonyl (C=O) groups excluding carboxylic acids is 1. The van der Waals surface area contributed by atoms with Crippen LogP contribution in [0.3, 0.4) is 0 Å². The maximum Gasteiger partial charge on any atom is 0.347 e. The van der Waals surface area contributed by atoms with Gasteiger partial charge in [0.15, 0.2) is 23.0 Å². The Morgan fingerprint density at radius 3 is 2.32 bits per heavy atom. The lowest BCUT2D eigenvalue weighted by molar-refractivity contribution is -0.152.